The summed E-state index contributed by atoms with van der Waals surface area (Å²) in [6, 6.07) is 25.7. The van der Waals surface area contributed by atoms with Gasteiger partial charge in [-0.1, -0.05) is 41.7 Å². The van der Waals surface area contributed by atoms with Crippen molar-refractivity contribution in [2.45, 2.75) is 6.04 Å². The second-order valence-electron chi connectivity index (χ2n) is 9.85. The molecule has 2 aliphatic heterocycles. The molecule has 43 heavy (non-hydrogen) atoms. The third-order valence-electron chi connectivity index (χ3n) is 7.20. The molecule has 5 aromatic rings. The lowest BCUT2D eigenvalue weighted by Crippen LogP contribution is -2.29. The lowest BCUT2D eigenvalue weighted by Gasteiger charge is -2.23. The van der Waals surface area contributed by atoms with E-state index >= 15 is 0 Å². The molecule has 3 heterocycles. The molecule has 10 heteroatoms. The van der Waals surface area contributed by atoms with Gasteiger partial charge in [-0.25, -0.2) is 4.98 Å². The van der Waals surface area contributed by atoms with Crippen molar-refractivity contribution in [1.82, 2.24) is 4.98 Å². The van der Waals surface area contributed by atoms with Crippen LogP contribution >= 0.6 is 11.3 Å². The Hall–Kier alpha value is -5.35. The Bertz CT molecular complexity index is 1920. The summed E-state index contributed by atoms with van der Waals surface area (Å²) in [5.41, 5.74) is 1.45. The van der Waals surface area contributed by atoms with Crippen LogP contribution in [-0.2, 0) is 9.59 Å². The van der Waals surface area contributed by atoms with Gasteiger partial charge in [-0.2, -0.15) is 0 Å². The fourth-order valence-corrected chi connectivity index (χ4v) is 6.21. The predicted molar refractivity (Wildman–Crippen MR) is 161 cm³/mol. The lowest BCUT2D eigenvalue weighted by atomic mass is 9.95. The van der Waals surface area contributed by atoms with Gasteiger partial charge >= 0.3 is 5.91 Å². The van der Waals surface area contributed by atoms with Crippen LogP contribution in [0, 0.1) is 0 Å². The van der Waals surface area contributed by atoms with Crippen molar-refractivity contribution >= 4 is 44.1 Å². The highest BCUT2D eigenvalue weighted by Gasteiger charge is 2.48. The maximum Gasteiger partial charge on any atom is 0.301 e. The number of benzene rings is 4. The summed E-state index contributed by atoms with van der Waals surface area (Å²) in [5, 5.41) is 11.9. The zero-order chi connectivity index (χ0) is 29.5. The van der Waals surface area contributed by atoms with Crippen molar-refractivity contribution in [3.05, 3.63) is 108 Å². The molecule has 1 saturated heterocycles. The number of ketones is 1. The topological polar surface area (TPSA) is 107 Å². The number of carbonyl (C=O) groups is 2. The van der Waals surface area contributed by atoms with Gasteiger partial charge in [-0.15, -0.1) is 0 Å². The van der Waals surface area contributed by atoms with Gasteiger partial charge in [0.15, 0.2) is 16.6 Å². The average Bonchev–Trinajstić information content (AvgIpc) is 3.58. The standard InChI is InChI=1S/C33H24N2O7S/c1-39-22-11-12-24-27(18-22)43-33(34-24)35-29(19-6-5-9-23(16-19)42-21-7-3-2-4-8-21)28(31(37)32(35)38)30(36)20-10-13-25-26(17-20)41-15-14-40-25/h2-13,16-18,29,36H,14-15H2,1H3/b30-28+/t29-/m0/s1. The van der Waals surface area contributed by atoms with Crippen LogP contribution in [0.15, 0.2) is 96.6 Å². The molecular formula is C33H24N2O7S. The van der Waals surface area contributed by atoms with E-state index in [4.69, 9.17) is 18.9 Å². The molecule has 0 bridgehead atoms. The predicted octanol–water partition coefficient (Wildman–Crippen LogP) is 6.49. The van der Waals surface area contributed by atoms with Crippen molar-refractivity contribution in [1.29, 1.82) is 0 Å². The van der Waals surface area contributed by atoms with E-state index in [1.807, 2.05) is 36.4 Å². The van der Waals surface area contributed by atoms with Crippen LogP contribution < -0.4 is 23.8 Å². The van der Waals surface area contributed by atoms with E-state index in [0.29, 0.717) is 63.7 Å². The average molecular weight is 593 g/mol. The fourth-order valence-electron chi connectivity index (χ4n) is 5.19. The second kappa shape index (κ2) is 10.8. The Balaban J connectivity index is 1.38. The largest absolute Gasteiger partial charge is 0.507 e. The number of nitrogens with zero attached hydrogens (tertiary/aromatic N) is 2. The molecule has 7 rings (SSSR count). The number of thiazole rings is 1. The van der Waals surface area contributed by atoms with E-state index in [2.05, 4.69) is 4.98 Å². The van der Waals surface area contributed by atoms with E-state index in [0.717, 1.165) is 4.70 Å². The van der Waals surface area contributed by atoms with Crippen LogP contribution in [0.5, 0.6) is 28.7 Å². The van der Waals surface area contributed by atoms with Gasteiger partial charge in [0.2, 0.25) is 0 Å². The van der Waals surface area contributed by atoms with E-state index in [9.17, 15) is 14.7 Å². The number of aliphatic hydroxyl groups excluding tert-OH is 1. The second-order valence-corrected chi connectivity index (χ2v) is 10.9. The van der Waals surface area contributed by atoms with Crippen LogP contribution in [0.1, 0.15) is 17.2 Å². The number of aromatic nitrogens is 1. The number of para-hydroxylation sites is 1. The van der Waals surface area contributed by atoms with Crippen molar-refractivity contribution in [2.75, 3.05) is 25.2 Å². The maximum atomic E-state index is 13.7. The number of fused-ring (bicyclic) bond motifs is 2. The van der Waals surface area contributed by atoms with Gasteiger partial charge < -0.3 is 24.1 Å². The number of rotatable bonds is 6. The number of amides is 1. The molecule has 214 valence electrons. The summed E-state index contributed by atoms with van der Waals surface area (Å²) < 4.78 is 23.5. The molecule has 1 N–H and O–H groups in total. The molecule has 0 saturated carbocycles. The first-order valence-corrected chi connectivity index (χ1v) is 14.3. The Labute approximate surface area is 250 Å². The molecule has 0 aliphatic carbocycles. The Kier molecular flexibility index (Phi) is 6.67. The Morgan fingerprint density at radius 2 is 1.67 bits per heavy atom. The third-order valence-corrected chi connectivity index (χ3v) is 8.22. The first-order valence-electron chi connectivity index (χ1n) is 13.5. The molecule has 0 unspecified atom stereocenters. The van der Waals surface area contributed by atoms with Gasteiger partial charge in [0.05, 0.1) is 28.9 Å². The summed E-state index contributed by atoms with van der Waals surface area (Å²) in [7, 11) is 1.57. The smallest absolute Gasteiger partial charge is 0.301 e. The highest BCUT2D eigenvalue weighted by Crippen LogP contribution is 2.46. The van der Waals surface area contributed by atoms with Crippen molar-refractivity contribution in [2.24, 2.45) is 0 Å². The van der Waals surface area contributed by atoms with Crippen molar-refractivity contribution < 1.29 is 33.6 Å². The monoisotopic (exact) mass is 592 g/mol. The van der Waals surface area contributed by atoms with E-state index in [1.165, 1.54) is 16.2 Å². The number of Topliss-reactive ketones (excluding diaryl/α,β-unsaturated/α-hetero) is 1. The van der Waals surface area contributed by atoms with Crippen LogP contribution in [0.3, 0.4) is 0 Å². The Morgan fingerprint density at radius 1 is 0.884 bits per heavy atom. The van der Waals surface area contributed by atoms with Gasteiger partial charge in [-0.05, 0) is 66.2 Å². The van der Waals surface area contributed by atoms with Gasteiger partial charge in [-0.3, -0.25) is 14.5 Å². The van der Waals surface area contributed by atoms with Crippen molar-refractivity contribution in [3.63, 3.8) is 0 Å². The Morgan fingerprint density at radius 3 is 2.49 bits per heavy atom. The number of hydrogen-bond donors (Lipinski definition) is 1. The van der Waals surface area contributed by atoms with Crippen molar-refractivity contribution in [3.8, 4) is 28.7 Å². The number of methoxy groups -OCH3 is 1. The number of carbonyl (C=O) groups excluding carboxylic acids is 2. The number of ether oxygens (including phenoxy) is 4. The van der Waals surface area contributed by atoms with Gasteiger partial charge in [0.25, 0.3) is 5.78 Å². The summed E-state index contributed by atoms with van der Waals surface area (Å²) in [6.07, 6.45) is 0. The number of hydrogen-bond acceptors (Lipinski definition) is 9. The minimum Gasteiger partial charge on any atom is -0.507 e. The first kappa shape index (κ1) is 26.5. The molecule has 1 aromatic heterocycles. The van der Waals surface area contributed by atoms with E-state index < -0.39 is 17.7 Å². The lowest BCUT2D eigenvalue weighted by molar-refractivity contribution is -0.132. The molecule has 1 atom stereocenters. The van der Waals surface area contributed by atoms with Crippen LogP contribution in [0.4, 0.5) is 5.13 Å². The summed E-state index contributed by atoms with van der Waals surface area (Å²) in [6.45, 7) is 0.775. The summed E-state index contributed by atoms with van der Waals surface area (Å²) >= 11 is 1.25. The van der Waals surface area contributed by atoms with Crippen LogP contribution in [0.25, 0.3) is 16.0 Å². The zero-order valence-corrected chi connectivity index (χ0v) is 23.7. The zero-order valence-electron chi connectivity index (χ0n) is 22.9. The third kappa shape index (κ3) is 4.81. The maximum absolute atomic E-state index is 13.7. The molecule has 0 radical (unpaired) electrons. The normalized spacial score (nSPS) is 17.3. The molecule has 0 spiro atoms. The molecule has 2 aliphatic rings. The van der Waals surface area contributed by atoms with Gasteiger partial charge in [0, 0.05) is 5.56 Å². The quantitative estimate of drug-likeness (QED) is 0.135. The highest BCUT2D eigenvalue weighted by molar-refractivity contribution is 7.22. The first-order chi connectivity index (χ1) is 21.0. The van der Waals surface area contributed by atoms with Crippen LogP contribution in [0.2, 0.25) is 0 Å². The minimum absolute atomic E-state index is 0.0737. The van der Waals surface area contributed by atoms with Crippen LogP contribution in [-0.4, -0.2) is 42.1 Å². The fraction of sp³-hybridized carbons (Fsp3) is 0.121. The molecular weight excluding hydrogens is 568 g/mol. The molecule has 4 aromatic carbocycles. The van der Waals surface area contributed by atoms with E-state index in [1.54, 1.807) is 61.7 Å². The molecule has 1 amide bonds. The van der Waals surface area contributed by atoms with Gasteiger partial charge in [0.1, 0.15) is 36.2 Å². The molecule has 1 fully saturated rings. The molecule has 9 nitrogen and oxygen atoms in total. The number of anilines is 1. The minimum atomic E-state index is -0.991. The summed E-state index contributed by atoms with van der Waals surface area (Å²) in [5.74, 6) is 0.793. The number of aliphatic hydroxyl groups is 1. The highest BCUT2D eigenvalue weighted by atomic mass is 32.1. The SMILES string of the molecule is COc1ccc2nc(N3C(=O)C(=O)/C(=C(/O)c4ccc5c(c4)OCCO5)[C@@H]3c3cccc(Oc4ccccc4)c3)sc2c1. The van der Waals surface area contributed by atoms with E-state index in [-0.39, 0.29) is 11.3 Å². The summed E-state index contributed by atoms with van der Waals surface area (Å²) in [4.78, 5) is 33.5.